The van der Waals surface area contributed by atoms with Gasteiger partial charge in [-0.25, -0.2) is 4.98 Å². The van der Waals surface area contributed by atoms with Gasteiger partial charge in [0, 0.05) is 11.3 Å². The average Bonchev–Trinajstić information content (AvgIpc) is 3.26. The number of nitrogens with zero attached hydrogens (tertiary/aromatic N) is 1. The first-order valence-corrected chi connectivity index (χ1v) is 11.8. The van der Waals surface area contributed by atoms with Gasteiger partial charge in [-0.15, -0.1) is 0 Å². The maximum atomic E-state index is 12.5. The molecule has 5 nitrogen and oxygen atoms in total. The number of nitrogens with one attached hydrogen (secondary N) is 1. The van der Waals surface area contributed by atoms with Crippen LogP contribution in [-0.2, 0) is 10.2 Å². The zero-order chi connectivity index (χ0) is 24.3. The Morgan fingerprint density at radius 1 is 1.06 bits per heavy atom. The van der Waals surface area contributed by atoms with Crippen LogP contribution in [0.25, 0.3) is 22.6 Å². The highest BCUT2D eigenvalue weighted by molar-refractivity contribution is 5.92. The fraction of sp³-hybridized carbons (Fsp3) is 0.310. The molecule has 0 unspecified atom stereocenters. The molecule has 4 rings (SSSR count). The van der Waals surface area contributed by atoms with Crippen molar-refractivity contribution in [2.75, 3.05) is 11.9 Å². The Kier molecular flexibility index (Phi) is 6.73. The summed E-state index contributed by atoms with van der Waals surface area (Å²) in [5.74, 6) is 1.44. The predicted molar refractivity (Wildman–Crippen MR) is 137 cm³/mol. The topological polar surface area (TPSA) is 64.4 Å². The average molecular weight is 457 g/mol. The number of oxazole rings is 1. The number of carbonyl (C=O) groups is 1. The second-order valence-electron chi connectivity index (χ2n) is 9.75. The summed E-state index contributed by atoms with van der Waals surface area (Å²) in [6.45, 7) is 10.8. The third-order valence-electron chi connectivity index (χ3n) is 6.08. The number of carbonyl (C=O) groups excluding carboxylic acids is 1. The second kappa shape index (κ2) is 9.72. The first-order chi connectivity index (χ1) is 16.2. The van der Waals surface area contributed by atoms with Gasteiger partial charge in [0.25, 0.3) is 5.91 Å². The molecule has 5 heteroatoms. The van der Waals surface area contributed by atoms with Gasteiger partial charge in [0.2, 0.25) is 5.89 Å². The Hall–Kier alpha value is -3.60. The summed E-state index contributed by atoms with van der Waals surface area (Å²) in [6, 6.07) is 21.5. The maximum Gasteiger partial charge on any atom is 0.262 e. The van der Waals surface area contributed by atoms with Crippen molar-refractivity contribution in [3.05, 3.63) is 77.9 Å². The minimum atomic E-state index is -0.229. The van der Waals surface area contributed by atoms with Gasteiger partial charge in [0.05, 0.1) is 0 Å². The van der Waals surface area contributed by atoms with Gasteiger partial charge in [-0.05, 0) is 71.3 Å². The summed E-state index contributed by atoms with van der Waals surface area (Å²) in [6.07, 6.45) is 1.07. The van der Waals surface area contributed by atoms with Crippen molar-refractivity contribution in [2.45, 2.75) is 52.4 Å². The number of amides is 1. The van der Waals surface area contributed by atoms with E-state index in [2.05, 4.69) is 57.1 Å². The lowest BCUT2D eigenvalue weighted by atomic mass is 9.87. The lowest BCUT2D eigenvalue weighted by Gasteiger charge is -2.19. The highest BCUT2D eigenvalue weighted by Gasteiger charge is 2.14. The molecule has 0 radical (unpaired) electrons. The standard InChI is InChI=1S/C29H32N2O3/c1-6-19(2)20-10-15-26-25(17-20)31-28(34-26)21-8-7-9-23(16-21)30-27(32)18-33-24-13-11-22(12-14-24)29(3,4)5/h7-17,19H,6,18H2,1-5H3,(H,30,32)/t19-/m0/s1. The van der Waals surface area contributed by atoms with Gasteiger partial charge in [0.1, 0.15) is 11.3 Å². The van der Waals surface area contributed by atoms with Crippen molar-refractivity contribution in [1.29, 1.82) is 0 Å². The molecule has 0 spiro atoms. The molecule has 0 aliphatic carbocycles. The van der Waals surface area contributed by atoms with Crippen molar-refractivity contribution >= 4 is 22.7 Å². The summed E-state index contributed by atoms with van der Waals surface area (Å²) < 4.78 is 11.6. The molecule has 176 valence electrons. The van der Waals surface area contributed by atoms with E-state index in [1.807, 2.05) is 54.6 Å². The summed E-state index contributed by atoms with van der Waals surface area (Å²) >= 11 is 0. The molecule has 0 fully saturated rings. The molecule has 1 aromatic heterocycles. The second-order valence-corrected chi connectivity index (χ2v) is 9.75. The molecule has 0 aliphatic heterocycles. The molecule has 1 N–H and O–H groups in total. The number of hydrogen-bond donors (Lipinski definition) is 1. The first-order valence-electron chi connectivity index (χ1n) is 11.8. The van der Waals surface area contributed by atoms with Crippen LogP contribution in [0.4, 0.5) is 5.69 Å². The van der Waals surface area contributed by atoms with E-state index < -0.39 is 0 Å². The highest BCUT2D eigenvalue weighted by atomic mass is 16.5. The van der Waals surface area contributed by atoms with Gasteiger partial charge < -0.3 is 14.5 Å². The van der Waals surface area contributed by atoms with Crippen molar-refractivity contribution in [3.8, 4) is 17.2 Å². The Balaban J connectivity index is 1.42. The molecule has 1 heterocycles. The van der Waals surface area contributed by atoms with Gasteiger partial charge in [-0.1, -0.05) is 58.9 Å². The van der Waals surface area contributed by atoms with E-state index in [-0.39, 0.29) is 17.9 Å². The Morgan fingerprint density at radius 3 is 2.53 bits per heavy atom. The smallest absolute Gasteiger partial charge is 0.262 e. The normalized spacial score (nSPS) is 12.5. The van der Waals surface area contributed by atoms with E-state index in [1.165, 1.54) is 11.1 Å². The molecule has 1 atom stereocenters. The highest BCUT2D eigenvalue weighted by Crippen LogP contribution is 2.29. The number of aromatic nitrogens is 1. The van der Waals surface area contributed by atoms with Crippen LogP contribution in [0.1, 0.15) is 58.1 Å². The van der Waals surface area contributed by atoms with Crippen LogP contribution >= 0.6 is 0 Å². The molecule has 34 heavy (non-hydrogen) atoms. The molecular formula is C29H32N2O3. The molecular weight excluding hydrogens is 424 g/mol. The molecule has 3 aromatic carbocycles. The van der Waals surface area contributed by atoms with Crippen LogP contribution in [0.3, 0.4) is 0 Å². The summed E-state index contributed by atoms with van der Waals surface area (Å²) in [5.41, 5.74) is 5.61. The third kappa shape index (κ3) is 5.48. The summed E-state index contributed by atoms with van der Waals surface area (Å²) in [7, 11) is 0. The van der Waals surface area contributed by atoms with E-state index >= 15 is 0 Å². The van der Waals surface area contributed by atoms with Crippen molar-refractivity contribution in [1.82, 2.24) is 4.98 Å². The first kappa shape index (κ1) is 23.6. The van der Waals surface area contributed by atoms with Crippen molar-refractivity contribution < 1.29 is 13.9 Å². The lowest BCUT2D eigenvalue weighted by Crippen LogP contribution is -2.20. The Morgan fingerprint density at radius 2 is 1.82 bits per heavy atom. The van der Waals surface area contributed by atoms with Crippen LogP contribution in [0.5, 0.6) is 5.75 Å². The quantitative estimate of drug-likeness (QED) is 0.316. The number of anilines is 1. The monoisotopic (exact) mass is 456 g/mol. The van der Waals surface area contributed by atoms with E-state index in [0.717, 1.165) is 23.1 Å². The predicted octanol–water partition coefficient (Wildman–Crippen LogP) is 7.32. The number of hydrogen-bond acceptors (Lipinski definition) is 4. The maximum absolute atomic E-state index is 12.5. The summed E-state index contributed by atoms with van der Waals surface area (Å²) in [4.78, 5) is 17.1. The van der Waals surface area contributed by atoms with Gasteiger partial charge >= 0.3 is 0 Å². The molecule has 0 saturated heterocycles. The van der Waals surface area contributed by atoms with E-state index in [1.54, 1.807) is 0 Å². The zero-order valence-electron chi connectivity index (χ0n) is 20.5. The number of benzene rings is 3. The minimum absolute atomic E-state index is 0.0691. The van der Waals surface area contributed by atoms with E-state index in [9.17, 15) is 4.79 Å². The fourth-order valence-electron chi connectivity index (χ4n) is 3.74. The fourth-order valence-corrected chi connectivity index (χ4v) is 3.74. The minimum Gasteiger partial charge on any atom is -0.484 e. The Bertz CT molecular complexity index is 1280. The van der Waals surface area contributed by atoms with Crippen LogP contribution in [0, 0.1) is 0 Å². The molecule has 1 amide bonds. The van der Waals surface area contributed by atoms with E-state index in [4.69, 9.17) is 9.15 Å². The van der Waals surface area contributed by atoms with Crippen LogP contribution in [0.2, 0.25) is 0 Å². The molecule has 4 aromatic rings. The number of rotatable bonds is 7. The number of fused-ring (bicyclic) bond motifs is 1. The SMILES string of the molecule is CC[C@H](C)c1ccc2oc(-c3cccc(NC(=O)COc4ccc(C(C)(C)C)cc4)c3)nc2c1. The number of ether oxygens (including phenoxy) is 1. The van der Waals surface area contributed by atoms with Crippen molar-refractivity contribution in [3.63, 3.8) is 0 Å². The van der Waals surface area contributed by atoms with Crippen LogP contribution in [-0.4, -0.2) is 17.5 Å². The largest absolute Gasteiger partial charge is 0.484 e. The van der Waals surface area contributed by atoms with Gasteiger partial charge in [-0.2, -0.15) is 0 Å². The van der Waals surface area contributed by atoms with E-state index in [0.29, 0.717) is 23.2 Å². The van der Waals surface area contributed by atoms with Gasteiger partial charge in [0.15, 0.2) is 12.2 Å². The Labute approximate surface area is 201 Å². The van der Waals surface area contributed by atoms with Crippen LogP contribution in [0.15, 0.2) is 71.1 Å². The molecule has 0 bridgehead atoms. The zero-order valence-corrected chi connectivity index (χ0v) is 20.5. The van der Waals surface area contributed by atoms with Gasteiger partial charge in [-0.3, -0.25) is 4.79 Å². The third-order valence-corrected chi connectivity index (χ3v) is 6.08. The molecule has 0 aliphatic rings. The molecule has 0 saturated carbocycles. The summed E-state index contributed by atoms with van der Waals surface area (Å²) in [5, 5.41) is 2.89. The van der Waals surface area contributed by atoms with Crippen LogP contribution < -0.4 is 10.1 Å². The lowest BCUT2D eigenvalue weighted by molar-refractivity contribution is -0.118. The van der Waals surface area contributed by atoms with Crippen molar-refractivity contribution in [2.24, 2.45) is 0 Å².